The van der Waals surface area contributed by atoms with E-state index >= 15 is 0 Å². The van der Waals surface area contributed by atoms with Crippen LogP contribution >= 0.6 is 0 Å². The Hall–Kier alpha value is -2.27. The van der Waals surface area contributed by atoms with Gasteiger partial charge in [-0.25, -0.2) is 4.99 Å². The topological polar surface area (TPSA) is 65.7 Å². The van der Waals surface area contributed by atoms with Crippen LogP contribution < -0.4 is 21.3 Å². The van der Waals surface area contributed by atoms with Gasteiger partial charge in [-0.3, -0.25) is 0 Å². The van der Waals surface area contributed by atoms with Crippen molar-refractivity contribution in [2.45, 2.75) is 39.5 Å². The summed E-state index contributed by atoms with van der Waals surface area (Å²) in [5, 5.41) is 6.96. The van der Waals surface area contributed by atoms with Crippen molar-refractivity contribution in [2.75, 3.05) is 37.6 Å². The second-order valence-corrected chi connectivity index (χ2v) is 6.98. The number of nitrogens with zero attached hydrogens (tertiary/aromatic N) is 2. The predicted molar refractivity (Wildman–Crippen MR) is 117 cm³/mol. The molecule has 1 aliphatic carbocycles. The summed E-state index contributed by atoms with van der Waals surface area (Å²) in [6, 6.07) is 8.69. The van der Waals surface area contributed by atoms with Crippen LogP contribution in [-0.2, 0) is 0 Å². The molecule has 0 unspecified atom stereocenters. The van der Waals surface area contributed by atoms with Gasteiger partial charge in [0.25, 0.3) is 0 Å². The fourth-order valence-corrected chi connectivity index (χ4v) is 3.49. The van der Waals surface area contributed by atoms with Crippen LogP contribution in [0.3, 0.4) is 0 Å². The average Bonchev–Trinajstić information content (AvgIpc) is 2.68. The molecule has 5 nitrogen and oxygen atoms in total. The largest absolute Gasteiger partial charge is 0.390 e. The number of benzene rings is 1. The van der Waals surface area contributed by atoms with Crippen molar-refractivity contribution in [1.29, 1.82) is 0 Å². The molecule has 0 radical (unpaired) electrons. The third kappa shape index (κ3) is 6.75. The molecule has 148 valence electrons. The van der Waals surface area contributed by atoms with Crippen molar-refractivity contribution in [2.24, 2.45) is 10.7 Å². The minimum absolute atomic E-state index is 0.860. The molecule has 0 bridgehead atoms. The molecule has 0 saturated heterocycles. The first-order chi connectivity index (χ1) is 13.2. The van der Waals surface area contributed by atoms with Crippen molar-refractivity contribution in [3.05, 3.63) is 53.4 Å². The van der Waals surface area contributed by atoms with Crippen LogP contribution in [0.25, 0.3) is 0 Å². The normalized spacial score (nSPS) is 14.6. The highest BCUT2D eigenvalue weighted by atomic mass is 15.1. The summed E-state index contributed by atoms with van der Waals surface area (Å²) in [6.07, 6.45) is 5.80. The van der Waals surface area contributed by atoms with Gasteiger partial charge in [0.1, 0.15) is 0 Å². The zero-order chi connectivity index (χ0) is 19.5. The first-order valence-corrected chi connectivity index (χ1v) is 10.1. The first kappa shape index (κ1) is 21.0. The Labute approximate surface area is 164 Å². The molecular weight excluding hydrogens is 334 g/mol. The summed E-state index contributed by atoms with van der Waals surface area (Å²) in [4.78, 5) is 6.72. The van der Waals surface area contributed by atoms with Crippen LogP contribution in [0.2, 0.25) is 0 Å². The van der Waals surface area contributed by atoms with Crippen LogP contribution in [0.15, 0.2) is 52.8 Å². The number of likely N-dealkylation sites (N-methyl/N-ethyl adjacent to an activating group) is 1. The quantitative estimate of drug-likeness (QED) is 0.318. The molecule has 0 atom stereocenters. The van der Waals surface area contributed by atoms with E-state index in [1.165, 1.54) is 36.0 Å². The van der Waals surface area contributed by atoms with Crippen LogP contribution in [0.1, 0.15) is 38.2 Å². The van der Waals surface area contributed by atoms with Crippen molar-refractivity contribution in [3.63, 3.8) is 0 Å². The van der Waals surface area contributed by atoms with E-state index in [2.05, 4.69) is 65.2 Å². The number of anilines is 1. The Bertz CT molecular complexity index is 662. The Balaban J connectivity index is 1.70. The lowest BCUT2D eigenvalue weighted by Crippen LogP contribution is -2.35. The van der Waals surface area contributed by atoms with E-state index in [1.54, 1.807) is 0 Å². The van der Waals surface area contributed by atoms with E-state index in [0.29, 0.717) is 0 Å². The fraction of sp³-hybridized carbons (Fsp3) is 0.500. The van der Waals surface area contributed by atoms with E-state index in [9.17, 15) is 0 Å². The summed E-state index contributed by atoms with van der Waals surface area (Å²) in [5.74, 6) is 0. The van der Waals surface area contributed by atoms with Crippen LogP contribution in [0.4, 0.5) is 5.69 Å². The van der Waals surface area contributed by atoms with E-state index in [0.717, 1.165) is 57.0 Å². The molecule has 0 fully saturated rings. The monoisotopic (exact) mass is 369 g/mol. The second-order valence-electron chi connectivity index (χ2n) is 6.98. The number of aliphatic imine (C=N–C) groups is 1. The lowest BCUT2D eigenvalue weighted by molar-refractivity contribution is 0.625. The van der Waals surface area contributed by atoms with Gasteiger partial charge in [0, 0.05) is 49.8 Å². The molecule has 0 amide bonds. The van der Waals surface area contributed by atoms with Gasteiger partial charge < -0.3 is 21.3 Å². The highest BCUT2D eigenvalue weighted by molar-refractivity contribution is 5.54. The molecule has 1 aliphatic rings. The fourth-order valence-electron chi connectivity index (χ4n) is 3.49. The van der Waals surface area contributed by atoms with Gasteiger partial charge in [-0.05, 0) is 62.8 Å². The van der Waals surface area contributed by atoms with Crippen molar-refractivity contribution in [1.82, 2.24) is 10.6 Å². The van der Waals surface area contributed by atoms with Gasteiger partial charge in [0.15, 0.2) is 0 Å². The predicted octanol–water partition coefficient (Wildman–Crippen LogP) is 3.33. The lowest BCUT2D eigenvalue weighted by atomic mass is 9.94. The van der Waals surface area contributed by atoms with E-state index in [-0.39, 0.29) is 0 Å². The summed E-state index contributed by atoms with van der Waals surface area (Å²) in [6.45, 7) is 13.3. The molecule has 2 rings (SSSR count). The van der Waals surface area contributed by atoms with Gasteiger partial charge >= 0.3 is 0 Å². The number of nitrogens with two attached hydrogens (primary N) is 1. The number of aryl methyl sites for hydroxylation is 1. The summed E-state index contributed by atoms with van der Waals surface area (Å²) >= 11 is 0. The van der Waals surface area contributed by atoms with Crippen LogP contribution in [0.5, 0.6) is 0 Å². The molecule has 4 N–H and O–H groups in total. The molecule has 0 aliphatic heterocycles. The molecule has 27 heavy (non-hydrogen) atoms. The van der Waals surface area contributed by atoms with Crippen molar-refractivity contribution in [3.8, 4) is 0 Å². The number of allylic oxidation sites excluding steroid dienone is 2. The lowest BCUT2D eigenvalue weighted by Gasteiger charge is -2.24. The molecule has 1 aromatic carbocycles. The van der Waals surface area contributed by atoms with Gasteiger partial charge in [0.05, 0.1) is 6.34 Å². The molecule has 0 spiro atoms. The zero-order valence-corrected chi connectivity index (χ0v) is 16.9. The van der Waals surface area contributed by atoms with Crippen molar-refractivity contribution >= 4 is 12.0 Å². The third-order valence-electron chi connectivity index (χ3n) is 4.98. The van der Waals surface area contributed by atoms with Crippen LogP contribution in [0, 0.1) is 6.92 Å². The van der Waals surface area contributed by atoms with Crippen LogP contribution in [-0.4, -0.2) is 39.1 Å². The highest BCUT2D eigenvalue weighted by Gasteiger charge is 2.14. The molecule has 0 heterocycles. The van der Waals surface area contributed by atoms with E-state index in [4.69, 9.17) is 5.73 Å². The number of hydrogen-bond donors (Lipinski definition) is 3. The Morgan fingerprint density at radius 1 is 1.26 bits per heavy atom. The summed E-state index contributed by atoms with van der Waals surface area (Å²) in [7, 11) is 0. The minimum Gasteiger partial charge on any atom is -0.390 e. The van der Waals surface area contributed by atoms with Gasteiger partial charge in [-0.1, -0.05) is 18.7 Å². The van der Waals surface area contributed by atoms with Gasteiger partial charge in [-0.2, -0.15) is 0 Å². The maximum Gasteiger partial charge on any atom is 0.0856 e. The minimum atomic E-state index is 0.860. The molecule has 5 heteroatoms. The average molecular weight is 370 g/mol. The number of nitrogens with one attached hydrogen (secondary N) is 2. The Kier molecular flexibility index (Phi) is 8.92. The molecule has 0 aromatic heterocycles. The van der Waals surface area contributed by atoms with Gasteiger partial charge in [0.2, 0.25) is 0 Å². The first-order valence-electron chi connectivity index (χ1n) is 10.1. The molecular formula is C22H35N5. The van der Waals surface area contributed by atoms with E-state index in [1.807, 2.05) is 0 Å². The highest BCUT2D eigenvalue weighted by Crippen LogP contribution is 2.28. The Morgan fingerprint density at radius 2 is 2.07 bits per heavy atom. The van der Waals surface area contributed by atoms with Gasteiger partial charge in [-0.15, -0.1) is 0 Å². The summed E-state index contributed by atoms with van der Waals surface area (Å²) in [5.41, 5.74) is 11.4. The SMILES string of the molecule is C=C(NCCNCCN(CC)c1cccc(C)c1)C1=C(N=CN)CCCC1. The third-order valence-corrected chi connectivity index (χ3v) is 4.98. The Morgan fingerprint density at radius 3 is 2.81 bits per heavy atom. The maximum absolute atomic E-state index is 5.47. The van der Waals surface area contributed by atoms with E-state index < -0.39 is 0 Å². The zero-order valence-electron chi connectivity index (χ0n) is 16.9. The summed E-state index contributed by atoms with van der Waals surface area (Å²) < 4.78 is 0. The maximum atomic E-state index is 5.47. The number of rotatable bonds is 11. The molecule has 0 saturated carbocycles. The van der Waals surface area contributed by atoms with Crippen molar-refractivity contribution < 1.29 is 0 Å². The second kappa shape index (κ2) is 11.4. The standard InChI is InChI=1S/C22H35N5/c1-4-27(20-9-7-8-18(2)16-20)15-14-24-12-13-25-19(3)21-10-5-6-11-22(21)26-17-23/h7-9,16-17,24-25H,3-6,10-15H2,1-2H3,(H2,23,26). The number of hydrogen-bond acceptors (Lipinski definition) is 4. The smallest absolute Gasteiger partial charge is 0.0856 e. The molecule has 1 aromatic rings.